The van der Waals surface area contributed by atoms with Gasteiger partial charge >= 0.3 is 0 Å². The van der Waals surface area contributed by atoms with Crippen LogP contribution in [0, 0.1) is 0 Å². The monoisotopic (exact) mass is 254 g/mol. The fourth-order valence-electron chi connectivity index (χ4n) is 1.33. The van der Waals surface area contributed by atoms with Crippen LogP contribution in [0.5, 0.6) is 0 Å². The van der Waals surface area contributed by atoms with Crippen molar-refractivity contribution in [1.29, 1.82) is 0 Å². The molecule has 1 atom stereocenters. The largest absolute Gasteiger partial charge is 0.325 e. The van der Waals surface area contributed by atoms with Crippen molar-refractivity contribution in [3.63, 3.8) is 0 Å². The molecule has 1 aromatic rings. The zero-order valence-corrected chi connectivity index (χ0v) is 10.8. The Balaban J connectivity index is 2.12. The SMILES string of the molecule is CS(=O)CCCNCC(=O)Nc1ccccc1. The average Bonchev–Trinajstić information content (AvgIpc) is 2.29. The minimum absolute atomic E-state index is 0.0613. The molecule has 1 amide bonds. The summed E-state index contributed by atoms with van der Waals surface area (Å²) in [7, 11) is -0.752. The van der Waals surface area contributed by atoms with Gasteiger partial charge in [0, 0.05) is 28.5 Å². The molecule has 0 spiro atoms. The topological polar surface area (TPSA) is 58.2 Å². The van der Waals surface area contributed by atoms with Crippen LogP contribution >= 0.6 is 0 Å². The number of carbonyl (C=O) groups excluding carboxylic acids is 1. The second-order valence-corrected chi connectivity index (χ2v) is 5.28. The van der Waals surface area contributed by atoms with Gasteiger partial charge in [0.1, 0.15) is 0 Å². The molecule has 94 valence electrons. The molecule has 0 saturated heterocycles. The summed E-state index contributed by atoms with van der Waals surface area (Å²) in [4.78, 5) is 11.5. The predicted molar refractivity (Wildman–Crippen MR) is 71.5 cm³/mol. The van der Waals surface area contributed by atoms with Crippen LogP contribution in [0.1, 0.15) is 6.42 Å². The highest BCUT2D eigenvalue weighted by Crippen LogP contribution is 2.03. The van der Waals surface area contributed by atoms with E-state index in [0.29, 0.717) is 12.3 Å². The molecule has 2 N–H and O–H groups in total. The molecule has 0 aliphatic carbocycles. The lowest BCUT2D eigenvalue weighted by Crippen LogP contribution is -2.29. The molecule has 1 unspecified atom stereocenters. The van der Waals surface area contributed by atoms with E-state index < -0.39 is 10.8 Å². The average molecular weight is 254 g/mol. The first kappa shape index (κ1) is 13.9. The molecule has 0 bridgehead atoms. The van der Waals surface area contributed by atoms with Crippen LogP contribution in [0.25, 0.3) is 0 Å². The molecule has 1 aromatic carbocycles. The van der Waals surface area contributed by atoms with E-state index in [1.165, 1.54) is 0 Å². The van der Waals surface area contributed by atoms with E-state index in [4.69, 9.17) is 0 Å². The number of nitrogens with one attached hydrogen (secondary N) is 2. The van der Waals surface area contributed by atoms with Gasteiger partial charge in [-0.15, -0.1) is 0 Å². The first-order valence-corrected chi connectivity index (χ1v) is 7.27. The lowest BCUT2D eigenvalue weighted by Gasteiger charge is -2.06. The van der Waals surface area contributed by atoms with E-state index in [-0.39, 0.29) is 12.5 Å². The van der Waals surface area contributed by atoms with E-state index >= 15 is 0 Å². The van der Waals surface area contributed by atoms with Crippen molar-refractivity contribution >= 4 is 22.4 Å². The van der Waals surface area contributed by atoms with Crippen LogP contribution in [-0.4, -0.2) is 35.2 Å². The minimum Gasteiger partial charge on any atom is -0.325 e. The Morgan fingerprint density at radius 2 is 2.00 bits per heavy atom. The molecular formula is C12H18N2O2S. The van der Waals surface area contributed by atoms with Gasteiger partial charge in [0.15, 0.2) is 0 Å². The molecule has 0 aliphatic rings. The van der Waals surface area contributed by atoms with E-state index in [0.717, 1.165) is 12.1 Å². The van der Waals surface area contributed by atoms with E-state index in [9.17, 15) is 9.00 Å². The molecule has 1 rings (SSSR count). The van der Waals surface area contributed by atoms with Gasteiger partial charge in [-0.1, -0.05) is 18.2 Å². The Morgan fingerprint density at radius 1 is 1.29 bits per heavy atom. The highest BCUT2D eigenvalue weighted by atomic mass is 32.2. The third-order valence-electron chi connectivity index (χ3n) is 2.13. The van der Waals surface area contributed by atoms with Crippen LogP contribution in [0.2, 0.25) is 0 Å². The van der Waals surface area contributed by atoms with Crippen molar-refractivity contribution in [2.24, 2.45) is 0 Å². The number of carbonyl (C=O) groups is 1. The van der Waals surface area contributed by atoms with Crippen LogP contribution in [0.3, 0.4) is 0 Å². The van der Waals surface area contributed by atoms with Crippen LogP contribution in [-0.2, 0) is 15.6 Å². The first-order chi connectivity index (χ1) is 8.18. The van der Waals surface area contributed by atoms with Crippen LogP contribution < -0.4 is 10.6 Å². The van der Waals surface area contributed by atoms with Gasteiger partial charge in [-0.2, -0.15) is 0 Å². The second-order valence-electron chi connectivity index (χ2n) is 3.72. The second kappa shape index (κ2) is 7.97. The quantitative estimate of drug-likeness (QED) is 0.713. The molecule has 17 heavy (non-hydrogen) atoms. The smallest absolute Gasteiger partial charge is 0.238 e. The summed E-state index contributed by atoms with van der Waals surface area (Å²) in [5.41, 5.74) is 0.800. The lowest BCUT2D eigenvalue weighted by molar-refractivity contribution is -0.115. The van der Waals surface area contributed by atoms with Gasteiger partial charge in [0.2, 0.25) is 5.91 Å². The molecule has 0 aliphatic heterocycles. The Bertz CT molecular complexity index is 368. The third-order valence-corrected chi connectivity index (χ3v) is 2.99. The van der Waals surface area contributed by atoms with Crippen molar-refractivity contribution in [3.8, 4) is 0 Å². The Morgan fingerprint density at radius 3 is 2.65 bits per heavy atom. The lowest BCUT2D eigenvalue weighted by atomic mass is 10.3. The standard InChI is InChI=1S/C12H18N2O2S/c1-17(16)9-5-8-13-10-12(15)14-11-6-3-2-4-7-11/h2-4,6-7,13H,5,8-10H2,1H3,(H,14,15). The van der Waals surface area contributed by atoms with Crippen molar-refractivity contribution < 1.29 is 9.00 Å². The maximum Gasteiger partial charge on any atom is 0.238 e. The van der Waals surface area contributed by atoms with E-state index in [1.54, 1.807) is 6.26 Å². The molecule has 0 fully saturated rings. The maximum atomic E-state index is 11.5. The molecule has 0 saturated carbocycles. The highest BCUT2D eigenvalue weighted by Gasteiger charge is 2.00. The summed E-state index contributed by atoms with van der Waals surface area (Å²) in [6, 6.07) is 9.34. The molecular weight excluding hydrogens is 236 g/mol. The summed E-state index contributed by atoms with van der Waals surface area (Å²) in [5, 5.41) is 5.79. The fraction of sp³-hybridized carbons (Fsp3) is 0.417. The number of amides is 1. The Labute approximate surface area is 104 Å². The van der Waals surface area contributed by atoms with Gasteiger partial charge in [-0.05, 0) is 25.1 Å². The van der Waals surface area contributed by atoms with Crippen LogP contribution in [0.15, 0.2) is 30.3 Å². The predicted octanol–water partition coefficient (Wildman–Crippen LogP) is 0.983. The first-order valence-electron chi connectivity index (χ1n) is 5.54. The zero-order valence-electron chi connectivity index (χ0n) is 9.94. The highest BCUT2D eigenvalue weighted by molar-refractivity contribution is 7.84. The molecule has 4 nitrogen and oxygen atoms in total. The normalized spacial score (nSPS) is 12.1. The van der Waals surface area contributed by atoms with Crippen molar-refractivity contribution in [1.82, 2.24) is 5.32 Å². The fourth-order valence-corrected chi connectivity index (χ4v) is 1.88. The molecule has 0 aromatic heterocycles. The number of hydrogen-bond acceptors (Lipinski definition) is 3. The Kier molecular flexibility index (Phi) is 6.50. The summed E-state index contributed by atoms with van der Waals surface area (Å²) in [6.07, 6.45) is 2.50. The molecule has 5 heteroatoms. The Hall–Kier alpha value is -1.20. The number of anilines is 1. The van der Waals surface area contributed by atoms with Gasteiger partial charge < -0.3 is 10.6 Å². The van der Waals surface area contributed by atoms with Crippen LogP contribution in [0.4, 0.5) is 5.69 Å². The van der Waals surface area contributed by atoms with Gasteiger partial charge in [0.25, 0.3) is 0 Å². The van der Waals surface area contributed by atoms with Crippen molar-refractivity contribution in [2.45, 2.75) is 6.42 Å². The summed E-state index contributed by atoms with van der Waals surface area (Å²) >= 11 is 0. The summed E-state index contributed by atoms with van der Waals surface area (Å²) in [6.45, 7) is 0.993. The zero-order chi connectivity index (χ0) is 12.5. The minimum atomic E-state index is -0.752. The van der Waals surface area contributed by atoms with Gasteiger partial charge in [0.05, 0.1) is 6.54 Å². The number of hydrogen-bond donors (Lipinski definition) is 2. The van der Waals surface area contributed by atoms with E-state index in [2.05, 4.69) is 10.6 Å². The maximum absolute atomic E-state index is 11.5. The van der Waals surface area contributed by atoms with E-state index in [1.807, 2.05) is 30.3 Å². The summed E-state index contributed by atoms with van der Waals surface area (Å²) in [5.74, 6) is 0.613. The summed E-state index contributed by atoms with van der Waals surface area (Å²) < 4.78 is 10.8. The van der Waals surface area contributed by atoms with Crippen molar-refractivity contribution in [3.05, 3.63) is 30.3 Å². The molecule has 0 radical (unpaired) electrons. The van der Waals surface area contributed by atoms with Gasteiger partial charge in [-0.25, -0.2) is 0 Å². The number of benzene rings is 1. The molecule has 0 heterocycles. The number of rotatable bonds is 7. The third kappa shape index (κ3) is 6.86. The van der Waals surface area contributed by atoms with Crippen molar-refractivity contribution in [2.75, 3.05) is 30.4 Å². The van der Waals surface area contributed by atoms with Gasteiger partial charge in [-0.3, -0.25) is 9.00 Å². The number of para-hydroxylation sites is 1.